The monoisotopic (exact) mass is 582 g/mol. The number of fused-ring (bicyclic) bond motifs is 1. The number of nitrogens with zero attached hydrogens (tertiary/aromatic N) is 3. The van der Waals surface area contributed by atoms with Crippen LogP contribution >= 0.6 is 0 Å². The number of ether oxygens (including phenoxy) is 2. The number of pyridine rings is 1. The first-order chi connectivity index (χ1) is 19.6. The van der Waals surface area contributed by atoms with Crippen molar-refractivity contribution in [2.24, 2.45) is 5.92 Å². The van der Waals surface area contributed by atoms with E-state index in [-0.39, 0.29) is 41.9 Å². The van der Waals surface area contributed by atoms with Gasteiger partial charge in [0.1, 0.15) is 17.6 Å². The fourth-order valence-electron chi connectivity index (χ4n) is 4.85. The summed E-state index contributed by atoms with van der Waals surface area (Å²) in [5, 5.41) is 9.88. The standard InChI is InChI=1S/C30H38N4O6S/c1-21-17-34(22(2)20-35)30(36)16-24-15-25(32-41(37,38)27-8-6-26(39-4)7-9-27)5-10-28(24)40-29(21)19-33(3)18-23-11-13-31-14-12-23/h5-15,21-22,29,32,35H,16-20H2,1-4H3/t21-,22+,29-/m0/s1. The molecule has 2 N–H and O–H groups in total. The van der Waals surface area contributed by atoms with Gasteiger partial charge in [0, 0.05) is 49.2 Å². The molecule has 41 heavy (non-hydrogen) atoms. The van der Waals surface area contributed by atoms with Crippen LogP contribution < -0.4 is 14.2 Å². The van der Waals surface area contributed by atoms with Crippen molar-refractivity contribution in [1.29, 1.82) is 0 Å². The fourth-order valence-corrected chi connectivity index (χ4v) is 5.90. The quantitative estimate of drug-likeness (QED) is 0.374. The van der Waals surface area contributed by atoms with E-state index in [1.54, 1.807) is 47.6 Å². The molecule has 220 valence electrons. The first-order valence-electron chi connectivity index (χ1n) is 13.5. The van der Waals surface area contributed by atoms with Crippen molar-refractivity contribution in [2.75, 3.05) is 38.6 Å². The van der Waals surface area contributed by atoms with Crippen LogP contribution in [0.25, 0.3) is 0 Å². The van der Waals surface area contributed by atoms with E-state index >= 15 is 0 Å². The number of hydrogen-bond donors (Lipinski definition) is 2. The van der Waals surface area contributed by atoms with E-state index in [1.165, 1.54) is 19.2 Å². The van der Waals surface area contributed by atoms with E-state index in [0.717, 1.165) is 5.56 Å². The average molecular weight is 583 g/mol. The highest BCUT2D eigenvalue weighted by atomic mass is 32.2. The van der Waals surface area contributed by atoms with Crippen LogP contribution in [0, 0.1) is 5.92 Å². The molecule has 4 rings (SSSR count). The Labute approximate surface area is 242 Å². The summed E-state index contributed by atoms with van der Waals surface area (Å²) in [6.07, 6.45) is 3.25. The molecule has 2 heterocycles. The van der Waals surface area contributed by atoms with Crippen molar-refractivity contribution in [2.45, 2.75) is 43.9 Å². The lowest BCUT2D eigenvalue weighted by molar-refractivity contribution is -0.134. The summed E-state index contributed by atoms with van der Waals surface area (Å²) in [6, 6.07) is 14.6. The van der Waals surface area contributed by atoms with Gasteiger partial charge in [-0.25, -0.2) is 8.42 Å². The molecule has 0 radical (unpaired) electrons. The number of carbonyl (C=O) groups excluding carboxylic acids is 1. The second-order valence-corrected chi connectivity index (χ2v) is 12.2. The first kappa shape index (κ1) is 30.3. The zero-order valence-corrected chi connectivity index (χ0v) is 24.7. The van der Waals surface area contributed by atoms with Crippen molar-refractivity contribution < 1.29 is 27.8 Å². The minimum Gasteiger partial charge on any atom is -0.497 e. The Bertz CT molecular complexity index is 1420. The Kier molecular flexibility index (Phi) is 9.85. The minimum absolute atomic E-state index is 0.00404. The predicted octanol–water partition coefficient (Wildman–Crippen LogP) is 3.17. The summed E-state index contributed by atoms with van der Waals surface area (Å²) in [5.41, 5.74) is 2.01. The van der Waals surface area contributed by atoms with E-state index in [0.29, 0.717) is 42.4 Å². The number of nitrogens with one attached hydrogen (secondary N) is 1. The van der Waals surface area contributed by atoms with Gasteiger partial charge in [-0.1, -0.05) is 6.92 Å². The number of anilines is 1. The van der Waals surface area contributed by atoms with E-state index < -0.39 is 10.0 Å². The largest absolute Gasteiger partial charge is 0.497 e. The zero-order chi connectivity index (χ0) is 29.6. The molecule has 1 aliphatic heterocycles. The Balaban J connectivity index is 1.62. The van der Waals surface area contributed by atoms with Gasteiger partial charge in [0.15, 0.2) is 0 Å². The van der Waals surface area contributed by atoms with Crippen LogP contribution in [0.3, 0.4) is 0 Å². The van der Waals surface area contributed by atoms with Gasteiger partial charge in [-0.15, -0.1) is 0 Å². The smallest absolute Gasteiger partial charge is 0.261 e. The Morgan fingerprint density at radius 3 is 2.54 bits per heavy atom. The van der Waals surface area contributed by atoms with E-state index in [4.69, 9.17) is 9.47 Å². The van der Waals surface area contributed by atoms with Gasteiger partial charge in [-0.05, 0) is 74.1 Å². The summed E-state index contributed by atoms with van der Waals surface area (Å²) in [7, 11) is -0.355. The summed E-state index contributed by atoms with van der Waals surface area (Å²) in [5.74, 6) is 0.864. The Morgan fingerprint density at radius 1 is 1.17 bits per heavy atom. The maximum absolute atomic E-state index is 13.5. The lowest BCUT2D eigenvalue weighted by Crippen LogP contribution is -2.47. The Morgan fingerprint density at radius 2 is 1.88 bits per heavy atom. The van der Waals surface area contributed by atoms with Gasteiger partial charge in [-0.3, -0.25) is 19.4 Å². The molecular formula is C30H38N4O6S. The summed E-state index contributed by atoms with van der Waals surface area (Å²) in [4.78, 5) is 21.5. The molecule has 1 amide bonds. The Hall–Kier alpha value is -3.67. The maximum Gasteiger partial charge on any atom is 0.261 e. The van der Waals surface area contributed by atoms with Crippen LogP contribution in [0.1, 0.15) is 25.0 Å². The highest BCUT2D eigenvalue weighted by molar-refractivity contribution is 7.92. The number of aliphatic hydroxyl groups excluding tert-OH is 1. The highest BCUT2D eigenvalue weighted by Crippen LogP contribution is 2.30. The molecule has 0 bridgehead atoms. The lowest BCUT2D eigenvalue weighted by Gasteiger charge is -2.34. The van der Waals surface area contributed by atoms with Crippen molar-refractivity contribution in [3.8, 4) is 11.5 Å². The predicted molar refractivity (Wildman–Crippen MR) is 156 cm³/mol. The maximum atomic E-state index is 13.5. The number of carbonyl (C=O) groups is 1. The number of rotatable bonds is 10. The van der Waals surface area contributed by atoms with Crippen molar-refractivity contribution >= 4 is 21.6 Å². The summed E-state index contributed by atoms with van der Waals surface area (Å²) < 4.78 is 40.4. The summed E-state index contributed by atoms with van der Waals surface area (Å²) >= 11 is 0. The van der Waals surface area contributed by atoms with Crippen molar-refractivity contribution in [1.82, 2.24) is 14.8 Å². The number of hydrogen-bond acceptors (Lipinski definition) is 8. The highest BCUT2D eigenvalue weighted by Gasteiger charge is 2.31. The molecule has 10 nitrogen and oxygen atoms in total. The first-order valence-corrected chi connectivity index (χ1v) is 15.0. The third-order valence-corrected chi connectivity index (χ3v) is 8.63. The molecular weight excluding hydrogens is 544 g/mol. The van der Waals surface area contributed by atoms with Crippen molar-refractivity contribution in [3.63, 3.8) is 0 Å². The number of likely N-dealkylation sites (N-methyl/N-ethyl adjacent to an activating group) is 1. The molecule has 0 spiro atoms. The van der Waals surface area contributed by atoms with E-state index in [9.17, 15) is 18.3 Å². The molecule has 0 fully saturated rings. The van der Waals surface area contributed by atoms with E-state index in [1.807, 2.05) is 33.0 Å². The molecule has 1 aliphatic rings. The number of methoxy groups -OCH3 is 1. The third-order valence-electron chi connectivity index (χ3n) is 7.23. The van der Waals surface area contributed by atoms with Gasteiger partial charge in [0.05, 0.1) is 31.1 Å². The van der Waals surface area contributed by atoms with Crippen LogP contribution in [-0.2, 0) is 27.8 Å². The molecule has 0 aliphatic carbocycles. The molecule has 0 unspecified atom stereocenters. The zero-order valence-electron chi connectivity index (χ0n) is 23.9. The van der Waals surface area contributed by atoms with Gasteiger partial charge >= 0.3 is 0 Å². The van der Waals surface area contributed by atoms with Crippen LogP contribution in [-0.4, -0.2) is 80.2 Å². The fraction of sp³-hybridized carbons (Fsp3) is 0.400. The SMILES string of the molecule is COc1ccc(S(=O)(=O)Nc2ccc3c(c2)CC(=O)N([C@H](C)CO)C[C@H](C)[C@H](CN(C)Cc2ccncc2)O3)cc1. The normalized spacial score (nSPS) is 18.5. The molecule has 0 saturated heterocycles. The number of aromatic nitrogens is 1. The number of aliphatic hydroxyl groups is 1. The molecule has 1 aromatic heterocycles. The molecule has 11 heteroatoms. The number of benzene rings is 2. The van der Waals surface area contributed by atoms with Crippen LogP contribution in [0.15, 0.2) is 71.9 Å². The van der Waals surface area contributed by atoms with Crippen molar-refractivity contribution in [3.05, 3.63) is 78.1 Å². The molecule has 3 atom stereocenters. The molecule has 2 aromatic carbocycles. The topological polar surface area (TPSA) is 121 Å². The van der Waals surface area contributed by atoms with Crippen LogP contribution in [0.2, 0.25) is 0 Å². The van der Waals surface area contributed by atoms with Gasteiger partial charge in [0.2, 0.25) is 5.91 Å². The second-order valence-electron chi connectivity index (χ2n) is 10.5. The lowest BCUT2D eigenvalue weighted by atomic mass is 10.0. The molecule has 0 saturated carbocycles. The number of sulfonamides is 1. The summed E-state index contributed by atoms with van der Waals surface area (Å²) in [6.45, 7) is 5.39. The van der Waals surface area contributed by atoms with Gasteiger partial charge in [-0.2, -0.15) is 0 Å². The van der Waals surface area contributed by atoms with E-state index in [2.05, 4.69) is 14.6 Å². The molecule has 3 aromatic rings. The second kappa shape index (κ2) is 13.3. The number of amides is 1. The van der Waals surface area contributed by atoms with Gasteiger partial charge in [0.25, 0.3) is 10.0 Å². The van der Waals surface area contributed by atoms with Crippen LogP contribution in [0.5, 0.6) is 11.5 Å². The third kappa shape index (κ3) is 7.75. The van der Waals surface area contributed by atoms with Crippen LogP contribution in [0.4, 0.5) is 5.69 Å². The minimum atomic E-state index is -3.88. The average Bonchev–Trinajstić information content (AvgIpc) is 3.00. The van der Waals surface area contributed by atoms with Gasteiger partial charge < -0.3 is 19.5 Å².